The van der Waals surface area contributed by atoms with Crippen molar-refractivity contribution in [3.63, 3.8) is 0 Å². The molecule has 2 nitrogen and oxygen atoms in total. The Kier molecular flexibility index (Phi) is 4.30. The van der Waals surface area contributed by atoms with E-state index in [2.05, 4.69) is 29.2 Å². The predicted molar refractivity (Wildman–Crippen MR) is 83.2 cm³/mol. The van der Waals surface area contributed by atoms with Crippen molar-refractivity contribution in [3.05, 3.63) is 29.8 Å². The summed E-state index contributed by atoms with van der Waals surface area (Å²) in [5.41, 5.74) is 1.77. The zero-order chi connectivity index (χ0) is 13.8. The van der Waals surface area contributed by atoms with E-state index in [1.165, 1.54) is 70.0 Å². The standard InChI is InChI=1S/C18H27NO/c1-20-17-10-8-9-16(15-17)18(11-4-2-5-12-18)19-13-6-3-7-14-19/h8-10,15H,2-7,11-14H2,1H3/i1-1. The molecule has 0 bridgehead atoms. The minimum atomic E-state index is 0.285. The monoisotopic (exact) mass is 272 g/mol. The highest BCUT2D eigenvalue weighted by molar-refractivity contribution is 5.34. The molecule has 0 atom stereocenters. The normalized spacial score (nSPS) is 23.4. The number of nitrogens with zero attached hydrogens (tertiary/aromatic N) is 1. The molecular weight excluding hydrogens is 245 g/mol. The molecule has 20 heavy (non-hydrogen) atoms. The van der Waals surface area contributed by atoms with E-state index in [4.69, 9.17) is 4.74 Å². The molecule has 1 aliphatic heterocycles. The number of likely N-dealkylation sites (tertiary alicyclic amines) is 1. The lowest BCUT2D eigenvalue weighted by Crippen LogP contribution is -2.49. The molecule has 0 unspecified atom stereocenters. The van der Waals surface area contributed by atoms with Gasteiger partial charge >= 0.3 is 0 Å². The second-order valence-corrected chi connectivity index (χ2v) is 6.37. The molecule has 2 aliphatic rings. The molecule has 1 aliphatic carbocycles. The van der Waals surface area contributed by atoms with Crippen molar-refractivity contribution in [2.24, 2.45) is 0 Å². The Morgan fingerprint density at radius 2 is 1.65 bits per heavy atom. The molecule has 3 rings (SSSR count). The second-order valence-electron chi connectivity index (χ2n) is 6.37. The summed E-state index contributed by atoms with van der Waals surface area (Å²) in [6.07, 6.45) is 10.9. The van der Waals surface area contributed by atoms with E-state index < -0.39 is 0 Å². The molecular formula is C18H27NO. The van der Waals surface area contributed by atoms with Gasteiger partial charge in [-0.1, -0.05) is 37.8 Å². The summed E-state index contributed by atoms with van der Waals surface area (Å²) in [7, 11) is 1.77. The SMILES string of the molecule is [11CH3]Oc1cccc(C2(N3CCCCC3)CCCCC2)c1. The van der Waals surface area contributed by atoms with Gasteiger partial charge in [0.25, 0.3) is 0 Å². The van der Waals surface area contributed by atoms with Gasteiger partial charge in [-0.25, -0.2) is 0 Å². The maximum Gasteiger partial charge on any atom is 0.119 e. The number of rotatable bonds is 3. The van der Waals surface area contributed by atoms with Crippen molar-refractivity contribution in [3.8, 4) is 5.75 Å². The van der Waals surface area contributed by atoms with Gasteiger partial charge in [-0.2, -0.15) is 0 Å². The molecule has 0 radical (unpaired) electrons. The molecule has 1 heterocycles. The van der Waals surface area contributed by atoms with Gasteiger partial charge in [-0.3, -0.25) is 4.90 Å². The zero-order valence-corrected chi connectivity index (χ0v) is 12.7. The van der Waals surface area contributed by atoms with E-state index in [-0.39, 0.29) is 5.54 Å². The van der Waals surface area contributed by atoms with Crippen molar-refractivity contribution in [2.75, 3.05) is 20.2 Å². The van der Waals surface area contributed by atoms with Gasteiger partial charge in [0.15, 0.2) is 0 Å². The van der Waals surface area contributed by atoms with Crippen LogP contribution in [-0.2, 0) is 5.54 Å². The van der Waals surface area contributed by atoms with E-state index >= 15 is 0 Å². The highest BCUT2D eigenvalue weighted by Gasteiger charge is 2.39. The largest absolute Gasteiger partial charge is 0.497 e. The number of hydrogen-bond donors (Lipinski definition) is 0. The molecule has 1 saturated heterocycles. The van der Waals surface area contributed by atoms with Crippen LogP contribution in [0.25, 0.3) is 0 Å². The smallest absolute Gasteiger partial charge is 0.119 e. The number of piperidine rings is 1. The first-order chi connectivity index (χ1) is 9.85. The van der Waals surface area contributed by atoms with E-state index in [9.17, 15) is 0 Å². The Morgan fingerprint density at radius 1 is 0.950 bits per heavy atom. The number of benzene rings is 1. The topological polar surface area (TPSA) is 12.5 Å². The van der Waals surface area contributed by atoms with Crippen LogP contribution in [0.15, 0.2) is 24.3 Å². The molecule has 0 amide bonds. The van der Waals surface area contributed by atoms with Crippen molar-refractivity contribution in [2.45, 2.75) is 56.9 Å². The lowest BCUT2D eigenvalue weighted by Gasteiger charge is -2.48. The third-order valence-corrected chi connectivity index (χ3v) is 5.25. The van der Waals surface area contributed by atoms with Crippen LogP contribution in [0.4, 0.5) is 0 Å². The number of ether oxygens (including phenoxy) is 1. The summed E-state index contributed by atoms with van der Waals surface area (Å²) in [4.78, 5) is 2.78. The number of hydrogen-bond acceptors (Lipinski definition) is 2. The van der Waals surface area contributed by atoms with Gasteiger partial charge in [0, 0.05) is 5.54 Å². The van der Waals surface area contributed by atoms with Crippen LogP contribution in [0.1, 0.15) is 56.9 Å². The Bertz CT molecular complexity index is 431. The summed E-state index contributed by atoms with van der Waals surface area (Å²) in [5, 5.41) is 0. The van der Waals surface area contributed by atoms with Gasteiger partial charge < -0.3 is 4.74 Å². The van der Waals surface area contributed by atoms with Crippen molar-refractivity contribution in [1.82, 2.24) is 4.90 Å². The van der Waals surface area contributed by atoms with Crippen molar-refractivity contribution < 1.29 is 4.74 Å². The minimum Gasteiger partial charge on any atom is -0.497 e. The van der Waals surface area contributed by atoms with E-state index in [0.29, 0.717) is 0 Å². The first-order valence-electron chi connectivity index (χ1n) is 8.25. The van der Waals surface area contributed by atoms with E-state index in [1.807, 2.05) is 0 Å². The quantitative estimate of drug-likeness (QED) is 0.811. The van der Waals surface area contributed by atoms with Gasteiger partial charge in [-0.15, -0.1) is 0 Å². The highest BCUT2D eigenvalue weighted by Crippen LogP contribution is 2.44. The Labute approximate surface area is 123 Å². The first kappa shape index (κ1) is 13.9. The summed E-state index contributed by atoms with van der Waals surface area (Å²) in [6, 6.07) is 8.83. The van der Waals surface area contributed by atoms with Gasteiger partial charge in [0.05, 0.1) is 7.11 Å². The van der Waals surface area contributed by atoms with Crippen LogP contribution in [-0.4, -0.2) is 25.1 Å². The minimum absolute atomic E-state index is 0.285. The predicted octanol–water partition coefficient (Wildman–Crippen LogP) is 4.34. The molecule has 1 aromatic rings. The lowest BCUT2D eigenvalue weighted by atomic mass is 9.74. The van der Waals surface area contributed by atoms with Crippen LogP contribution in [0.5, 0.6) is 5.75 Å². The molecule has 2 fully saturated rings. The van der Waals surface area contributed by atoms with Crippen molar-refractivity contribution >= 4 is 0 Å². The van der Waals surface area contributed by atoms with Crippen LogP contribution in [0.3, 0.4) is 0 Å². The molecule has 1 saturated carbocycles. The first-order valence-corrected chi connectivity index (χ1v) is 8.25. The Balaban J connectivity index is 1.95. The third-order valence-electron chi connectivity index (χ3n) is 5.25. The Morgan fingerprint density at radius 3 is 2.35 bits per heavy atom. The fourth-order valence-electron chi connectivity index (χ4n) is 4.16. The molecule has 110 valence electrons. The summed E-state index contributed by atoms with van der Waals surface area (Å²) in [6.45, 7) is 2.55. The number of methoxy groups -OCH3 is 1. The average Bonchev–Trinajstić information content (AvgIpc) is 2.56. The fraction of sp³-hybridized carbons (Fsp3) is 0.667. The highest BCUT2D eigenvalue weighted by atomic mass is 16.4. The van der Waals surface area contributed by atoms with E-state index in [0.717, 1.165) is 5.75 Å². The average molecular weight is 272 g/mol. The second kappa shape index (κ2) is 6.17. The fourth-order valence-corrected chi connectivity index (χ4v) is 4.16. The van der Waals surface area contributed by atoms with Crippen LogP contribution in [0.2, 0.25) is 0 Å². The summed E-state index contributed by atoms with van der Waals surface area (Å²) < 4.78 is 5.46. The molecule has 0 aromatic heterocycles. The van der Waals surface area contributed by atoms with Gasteiger partial charge in [0.2, 0.25) is 0 Å². The Hall–Kier alpha value is -1.02. The van der Waals surface area contributed by atoms with Crippen LogP contribution >= 0.6 is 0 Å². The third kappa shape index (κ3) is 2.58. The van der Waals surface area contributed by atoms with Crippen LogP contribution < -0.4 is 4.74 Å². The summed E-state index contributed by atoms with van der Waals surface area (Å²) in [5.74, 6) is 1.00. The van der Waals surface area contributed by atoms with Gasteiger partial charge in [-0.05, 0) is 56.5 Å². The molecule has 0 spiro atoms. The maximum atomic E-state index is 5.46. The molecule has 2 heteroatoms. The maximum absolute atomic E-state index is 5.46. The van der Waals surface area contributed by atoms with Crippen LogP contribution in [0, 0.1) is 0 Å². The molecule has 0 N–H and O–H groups in total. The zero-order valence-electron chi connectivity index (χ0n) is 12.7. The van der Waals surface area contributed by atoms with E-state index in [1.54, 1.807) is 7.11 Å². The van der Waals surface area contributed by atoms with Gasteiger partial charge in [0.1, 0.15) is 5.75 Å². The lowest BCUT2D eigenvalue weighted by molar-refractivity contribution is 0.0302. The summed E-state index contributed by atoms with van der Waals surface area (Å²) >= 11 is 0. The van der Waals surface area contributed by atoms with Crippen molar-refractivity contribution in [1.29, 1.82) is 0 Å². The molecule has 1 aromatic carbocycles.